The summed E-state index contributed by atoms with van der Waals surface area (Å²) in [4.78, 5) is 27.1. The third-order valence-electron chi connectivity index (χ3n) is 4.28. The summed E-state index contributed by atoms with van der Waals surface area (Å²) < 4.78 is 1.64. The van der Waals surface area contributed by atoms with Gasteiger partial charge in [-0.2, -0.15) is 5.10 Å². The number of likely N-dealkylation sites (tertiary alicyclic amines) is 1. The third-order valence-corrected chi connectivity index (χ3v) is 4.61. The number of hydrogen-bond donors (Lipinski definition) is 2. The van der Waals surface area contributed by atoms with Crippen LogP contribution in [0, 0.1) is 0 Å². The molecule has 138 valence electrons. The lowest BCUT2D eigenvalue weighted by atomic mass is 10.1. The lowest BCUT2D eigenvalue weighted by Gasteiger charge is -2.25. The summed E-state index contributed by atoms with van der Waals surface area (Å²) in [6.45, 7) is 4.07. The molecule has 0 bridgehead atoms. The number of halogens is 1. The summed E-state index contributed by atoms with van der Waals surface area (Å²) in [6.07, 6.45) is 3.87. The van der Waals surface area contributed by atoms with E-state index in [9.17, 15) is 9.59 Å². The molecule has 0 saturated carbocycles. The first-order chi connectivity index (χ1) is 12.4. The van der Waals surface area contributed by atoms with Crippen LogP contribution in [-0.2, 0) is 4.79 Å². The zero-order valence-corrected chi connectivity index (χ0v) is 15.5. The molecule has 0 aliphatic carbocycles. The van der Waals surface area contributed by atoms with Crippen LogP contribution < -0.4 is 11.1 Å². The Kier molecular flexibility index (Phi) is 5.29. The number of carbonyl (C=O) groups is 2. The Morgan fingerprint density at radius 2 is 2.15 bits per heavy atom. The molecule has 1 aromatic heterocycles. The van der Waals surface area contributed by atoms with Gasteiger partial charge in [-0.05, 0) is 44.5 Å². The number of hydrogen-bond acceptors (Lipinski definition) is 4. The van der Waals surface area contributed by atoms with Gasteiger partial charge < -0.3 is 16.0 Å². The van der Waals surface area contributed by atoms with Crippen molar-refractivity contribution in [3.8, 4) is 5.69 Å². The van der Waals surface area contributed by atoms with Gasteiger partial charge in [0.1, 0.15) is 6.04 Å². The second kappa shape index (κ2) is 7.47. The molecule has 2 atom stereocenters. The van der Waals surface area contributed by atoms with Gasteiger partial charge in [-0.1, -0.05) is 11.6 Å². The van der Waals surface area contributed by atoms with E-state index in [4.69, 9.17) is 17.3 Å². The van der Waals surface area contributed by atoms with Crippen molar-refractivity contribution in [2.24, 2.45) is 5.73 Å². The summed E-state index contributed by atoms with van der Waals surface area (Å²) in [7, 11) is 0. The summed E-state index contributed by atoms with van der Waals surface area (Å²) in [5.74, 6) is -0.499. The minimum Gasteiger partial charge on any atom is -0.352 e. The Morgan fingerprint density at radius 3 is 2.81 bits per heavy atom. The summed E-state index contributed by atoms with van der Waals surface area (Å²) in [6, 6.07) is 6.07. The minimum absolute atomic E-state index is 0.0111. The fraction of sp³-hybridized carbons (Fsp3) is 0.389. The second-order valence-corrected chi connectivity index (χ2v) is 7.15. The third kappa shape index (κ3) is 3.73. The first kappa shape index (κ1) is 18.4. The van der Waals surface area contributed by atoms with Crippen molar-refractivity contribution in [1.29, 1.82) is 0 Å². The normalized spacial score (nSPS) is 19.8. The van der Waals surface area contributed by atoms with E-state index < -0.39 is 6.04 Å². The van der Waals surface area contributed by atoms with Crippen molar-refractivity contribution in [3.63, 3.8) is 0 Å². The van der Waals surface area contributed by atoms with Gasteiger partial charge in [-0.15, -0.1) is 0 Å². The van der Waals surface area contributed by atoms with Crippen molar-refractivity contribution in [2.75, 3.05) is 6.54 Å². The largest absolute Gasteiger partial charge is 0.352 e. The van der Waals surface area contributed by atoms with E-state index >= 15 is 0 Å². The molecule has 1 saturated heterocycles. The zero-order valence-electron chi connectivity index (χ0n) is 14.7. The average Bonchev–Trinajstić information content (AvgIpc) is 3.23. The van der Waals surface area contributed by atoms with Crippen molar-refractivity contribution in [2.45, 2.75) is 38.4 Å². The van der Waals surface area contributed by atoms with Crippen LogP contribution in [0.25, 0.3) is 5.69 Å². The summed E-state index contributed by atoms with van der Waals surface area (Å²) >= 11 is 6.27. The van der Waals surface area contributed by atoms with E-state index in [1.54, 1.807) is 41.3 Å². The minimum atomic E-state index is -0.593. The van der Waals surface area contributed by atoms with Crippen LogP contribution in [-0.4, -0.2) is 51.2 Å². The Balaban J connectivity index is 1.90. The predicted octanol–water partition coefficient (Wildman–Crippen LogP) is 1.59. The van der Waals surface area contributed by atoms with Gasteiger partial charge in [0.05, 0.1) is 16.3 Å². The number of aromatic nitrogens is 2. The smallest absolute Gasteiger partial charge is 0.256 e. The van der Waals surface area contributed by atoms with Crippen LogP contribution in [0.4, 0.5) is 0 Å². The number of amides is 2. The molecule has 1 aromatic carbocycles. The first-order valence-corrected chi connectivity index (χ1v) is 8.91. The van der Waals surface area contributed by atoms with E-state index in [2.05, 4.69) is 10.4 Å². The van der Waals surface area contributed by atoms with Gasteiger partial charge in [0.2, 0.25) is 5.91 Å². The highest BCUT2D eigenvalue weighted by Gasteiger charge is 2.39. The average molecular weight is 376 g/mol. The highest BCUT2D eigenvalue weighted by atomic mass is 35.5. The maximum Gasteiger partial charge on any atom is 0.256 e. The standard InChI is InChI=1S/C18H22ClN5O2/c1-11(2)22-17(25)16-8-12(20)10-23(16)18(26)14-9-13(4-5-15(14)19)24-7-3-6-21-24/h3-7,9,11-12,16H,8,10,20H2,1-2H3,(H,22,25)/t12-,16-/m0/s1. The van der Waals surface area contributed by atoms with Gasteiger partial charge in [0, 0.05) is 31.0 Å². The van der Waals surface area contributed by atoms with Gasteiger partial charge >= 0.3 is 0 Å². The van der Waals surface area contributed by atoms with E-state index in [-0.39, 0.29) is 23.9 Å². The molecule has 2 heterocycles. The van der Waals surface area contributed by atoms with Crippen LogP contribution in [0.1, 0.15) is 30.6 Å². The molecular weight excluding hydrogens is 354 g/mol. The van der Waals surface area contributed by atoms with Crippen molar-refractivity contribution < 1.29 is 9.59 Å². The van der Waals surface area contributed by atoms with Crippen molar-refractivity contribution in [1.82, 2.24) is 20.0 Å². The van der Waals surface area contributed by atoms with E-state index in [1.807, 2.05) is 13.8 Å². The maximum absolute atomic E-state index is 13.1. The van der Waals surface area contributed by atoms with Gasteiger partial charge in [-0.25, -0.2) is 4.68 Å². The number of nitrogens with zero attached hydrogens (tertiary/aromatic N) is 3. The Morgan fingerprint density at radius 1 is 1.38 bits per heavy atom. The van der Waals surface area contributed by atoms with Gasteiger partial charge in [0.25, 0.3) is 5.91 Å². The molecular formula is C18H22ClN5O2. The molecule has 1 aliphatic rings. The van der Waals surface area contributed by atoms with E-state index in [0.29, 0.717) is 23.6 Å². The topological polar surface area (TPSA) is 93.3 Å². The lowest BCUT2D eigenvalue weighted by Crippen LogP contribution is -2.47. The molecule has 8 heteroatoms. The quantitative estimate of drug-likeness (QED) is 0.848. The Hall–Kier alpha value is -2.38. The molecule has 26 heavy (non-hydrogen) atoms. The van der Waals surface area contributed by atoms with Crippen LogP contribution in [0.15, 0.2) is 36.7 Å². The number of nitrogens with two attached hydrogens (primary N) is 1. The lowest BCUT2D eigenvalue weighted by molar-refractivity contribution is -0.125. The molecule has 0 radical (unpaired) electrons. The van der Waals surface area contributed by atoms with Crippen LogP contribution >= 0.6 is 11.6 Å². The first-order valence-electron chi connectivity index (χ1n) is 8.53. The summed E-state index contributed by atoms with van der Waals surface area (Å²) in [5, 5.41) is 7.35. The Bertz CT molecular complexity index is 806. The maximum atomic E-state index is 13.1. The molecule has 2 aromatic rings. The molecule has 1 aliphatic heterocycles. The highest BCUT2D eigenvalue weighted by Crippen LogP contribution is 2.25. The Labute approximate surface area is 157 Å². The molecule has 0 spiro atoms. The molecule has 3 rings (SSSR count). The fourth-order valence-corrected chi connectivity index (χ4v) is 3.32. The van der Waals surface area contributed by atoms with Gasteiger partial charge in [-0.3, -0.25) is 9.59 Å². The molecule has 2 amide bonds. The monoisotopic (exact) mass is 375 g/mol. The molecule has 7 nitrogen and oxygen atoms in total. The number of nitrogens with one attached hydrogen (secondary N) is 1. The van der Waals surface area contributed by atoms with E-state index in [1.165, 1.54) is 4.90 Å². The van der Waals surface area contributed by atoms with Gasteiger partial charge in [0.15, 0.2) is 0 Å². The number of benzene rings is 1. The predicted molar refractivity (Wildman–Crippen MR) is 99.3 cm³/mol. The van der Waals surface area contributed by atoms with Crippen LogP contribution in [0.2, 0.25) is 5.02 Å². The van der Waals surface area contributed by atoms with E-state index in [0.717, 1.165) is 5.69 Å². The fourth-order valence-electron chi connectivity index (χ4n) is 3.12. The molecule has 1 fully saturated rings. The number of rotatable bonds is 4. The zero-order chi connectivity index (χ0) is 18.8. The van der Waals surface area contributed by atoms with Crippen LogP contribution in [0.5, 0.6) is 0 Å². The SMILES string of the molecule is CC(C)NC(=O)[C@@H]1C[C@H](N)CN1C(=O)c1cc(-n2cccn2)ccc1Cl. The molecule has 3 N–H and O–H groups in total. The number of carbonyl (C=O) groups excluding carboxylic acids is 2. The highest BCUT2D eigenvalue weighted by molar-refractivity contribution is 6.34. The molecule has 0 unspecified atom stereocenters. The van der Waals surface area contributed by atoms with Crippen molar-refractivity contribution in [3.05, 3.63) is 47.2 Å². The van der Waals surface area contributed by atoms with Crippen molar-refractivity contribution >= 4 is 23.4 Å². The second-order valence-electron chi connectivity index (χ2n) is 6.75. The van der Waals surface area contributed by atoms with Crippen LogP contribution in [0.3, 0.4) is 0 Å². The summed E-state index contributed by atoms with van der Waals surface area (Å²) in [5.41, 5.74) is 7.07.